The van der Waals surface area contributed by atoms with E-state index in [2.05, 4.69) is 5.32 Å². The molecule has 0 radical (unpaired) electrons. The largest absolute Gasteiger partial charge is 0.497 e. The fourth-order valence-corrected chi connectivity index (χ4v) is 1.58. The van der Waals surface area contributed by atoms with Gasteiger partial charge in [0.1, 0.15) is 5.75 Å². The van der Waals surface area contributed by atoms with Crippen LogP contribution >= 0.6 is 0 Å². The topological polar surface area (TPSA) is 30.5 Å². The van der Waals surface area contributed by atoms with E-state index in [4.69, 9.17) is 9.47 Å². The first-order chi connectivity index (χ1) is 7.67. The molecule has 0 amide bonds. The first kappa shape index (κ1) is 13.0. The molecule has 3 heteroatoms. The molecule has 16 heavy (non-hydrogen) atoms. The number of rotatable bonds is 6. The average molecular weight is 223 g/mol. The molecule has 0 aromatic heterocycles. The van der Waals surface area contributed by atoms with Gasteiger partial charge in [-0.25, -0.2) is 0 Å². The van der Waals surface area contributed by atoms with Gasteiger partial charge in [-0.05, 0) is 38.6 Å². The summed E-state index contributed by atoms with van der Waals surface area (Å²) in [5, 5.41) is 3.14. The fourth-order valence-electron chi connectivity index (χ4n) is 1.58. The molecule has 0 aliphatic heterocycles. The van der Waals surface area contributed by atoms with Crippen LogP contribution in [-0.4, -0.2) is 26.8 Å². The summed E-state index contributed by atoms with van der Waals surface area (Å²) in [5.74, 6) is 0.872. The number of hydrogen-bond acceptors (Lipinski definition) is 3. The number of likely N-dealkylation sites (N-methyl/N-ethyl adjacent to an activating group) is 1. The Labute approximate surface area is 97.8 Å². The van der Waals surface area contributed by atoms with Crippen LogP contribution < -0.4 is 10.1 Å². The number of methoxy groups -OCH3 is 1. The maximum absolute atomic E-state index is 5.85. The van der Waals surface area contributed by atoms with Gasteiger partial charge in [-0.1, -0.05) is 12.1 Å². The molecule has 0 bridgehead atoms. The van der Waals surface area contributed by atoms with E-state index < -0.39 is 0 Å². The van der Waals surface area contributed by atoms with Crippen molar-refractivity contribution in [2.45, 2.75) is 26.1 Å². The van der Waals surface area contributed by atoms with E-state index in [9.17, 15) is 0 Å². The molecule has 0 aliphatic rings. The third-order valence-electron chi connectivity index (χ3n) is 2.31. The third-order valence-corrected chi connectivity index (χ3v) is 2.31. The van der Waals surface area contributed by atoms with Gasteiger partial charge in [0.05, 0.1) is 19.3 Å². The summed E-state index contributed by atoms with van der Waals surface area (Å²) in [5.41, 5.74) is 1.17. The van der Waals surface area contributed by atoms with Crippen molar-refractivity contribution in [2.24, 2.45) is 0 Å². The predicted molar refractivity (Wildman–Crippen MR) is 65.9 cm³/mol. The van der Waals surface area contributed by atoms with Crippen molar-refractivity contribution in [1.82, 2.24) is 5.32 Å². The van der Waals surface area contributed by atoms with Gasteiger partial charge in [0.15, 0.2) is 0 Å². The molecule has 0 aliphatic carbocycles. The van der Waals surface area contributed by atoms with Crippen LogP contribution in [0.5, 0.6) is 5.75 Å². The van der Waals surface area contributed by atoms with Gasteiger partial charge in [-0.2, -0.15) is 0 Å². The average Bonchev–Trinajstić information content (AvgIpc) is 2.28. The molecule has 1 aromatic carbocycles. The second kappa shape index (κ2) is 6.51. The van der Waals surface area contributed by atoms with E-state index in [0.717, 1.165) is 12.3 Å². The Balaban J connectivity index is 2.75. The summed E-state index contributed by atoms with van der Waals surface area (Å²) < 4.78 is 11.0. The van der Waals surface area contributed by atoms with Crippen LogP contribution in [-0.2, 0) is 4.74 Å². The quantitative estimate of drug-likeness (QED) is 0.803. The minimum Gasteiger partial charge on any atom is -0.497 e. The lowest BCUT2D eigenvalue weighted by molar-refractivity contribution is 0.00812. The van der Waals surface area contributed by atoms with Crippen molar-refractivity contribution in [3.8, 4) is 5.75 Å². The van der Waals surface area contributed by atoms with Crippen molar-refractivity contribution < 1.29 is 9.47 Å². The SMILES string of the molecule is CNCC(OC(C)C)c1ccc(OC)cc1. The monoisotopic (exact) mass is 223 g/mol. The van der Waals surface area contributed by atoms with Gasteiger partial charge in [0, 0.05) is 6.54 Å². The summed E-state index contributed by atoms with van der Waals surface area (Å²) >= 11 is 0. The van der Waals surface area contributed by atoms with Crippen molar-refractivity contribution in [2.75, 3.05) is 20.7 Å². The van der Waals surface area contributed by atoms with Crippen LogP contribution in [0.4, 0.5) is 0 Å². The maximum Gasteiger partial charge on any atom is 0.118 e. The molecule has 1 unspecified atom stereocenters. The lowest BCUT2D eigenvalue weighted by Crippen LogP contribution is -2.22. The molecular weight excluding hydrogens is 202 g/mol. The molecule has 0 heterocycles. The molecule has 90 valence electrons. The highest BCUT2D eigenvalue weighted by Crippen LogP contribution is 2.21. The first-order valence-corrected chi connectivity index (χ1v) is 5.61. The van der Waals surface area contributed by atoms with Gasteiger partial charge in [-0.3, -0.25) is 0 Å². The summed E-state index contributed by atoms with van der Waals surface area (Å²) in [6.07, 6.45) is 0.316. The highest BCUT2D eigenvalue weighted by atomic mass is 16.5. The molecule has 1 aromatic rings. The normalized spacial score (nSPS) is 12.8. The Bertz CT molecular complexity index is 295. The molecule has 0 saturated heterocycles. The summed E-state index contributed by atoms with van der Waals surface area (Å²) in [4.78, 5) is 0. The van der Waals surface area contributed by atoms with Crippen LogP contribution in [0.15, 0.2) is 24.3 Å². The van der Waals surface area contributed by atoms with E-state index >= 15 is 0 Å². The van der Waals surface area contributed by atoms with Gasteiger partial charge < -0.3 is 14.8 Å². The van der Waals surface area contributed by atoms with Gasteiger partial charge in [-0.15, -0.1) is 0 Å². The fraction of sp³-hybridized carbons (Fsp3) is 0.538. The molecule has 0 saturated carbocycles. The third kappa shape index (κ3) is 3.83. The van der Waals surface area contributed by atoms with Crippen LogP contribution in [0.2, 0.25) is 0 Å². The highest BCUT2D eigenvalue weighted by Gasteiger charge is 2.12. The van der Waals surface area contributed by atoms with Crippen LogP contribution in [0, 0.1) is 0 Å². The van der Waals surface area contributed by atoms with Gasteiger partial charge >= 0.3 is 0 Å². The van der Waals surface area contributed by atoms with E-state index in [1.165, 1.54) is 5.56 Å². The zero-order valence-electron chi connectivity index (χ0n) is 10.5. The Kier molecular flexibility index (Phi) is 5.29. The number of ether oxygens (including phenoxy) is 2. The number of hydrogen-bond donors (Lipinski definition) is 1. The summed E-state index contributed by atoms with van der Waals surface area (Å²) in [7, 11) is 3.60. The summed E-state index contributed by atoms with van der Waals surface area (Å²) in [6.45, 7) is 4.91. The Morgan fingerprint density at radius 1 is 1.19 bits per heavy atom. The second-order valence-corrected chi connectivity index (χ2v) is 4.00. The molecule has 1 atom stereocenters. The van der Waals surface area contributed by atoms with Crippen molar-refractivity contribution in [3.05, 3.63) is 29.8 Å². The van der Waals surface area contributed by atoms with Crippen molar-refractivity contribution >= 4 is 0 Å². The zero-order chi connectivity index (χ0) is 12.0. The minimum atomic E-state index is 0.0934. The van der Waals surface area contributed by atoms with Crippen LogP contribution in [0.1, 0.15) is 25.5 Å². The van der Waals surface area contributed by atoms with Crippen LogP contribution in [0.3, 0.4) is 0 Å². The maximum atomic E-state index is 5.85. The van der Waals surface area contributed by atoms with Crippen molar-refractivity contribution in [3.63, 3.8) is 0 Å². The molecule has 3 nitrogen and oxygen atoms in total. The predicted octanol–water partition coefficient (Wildman–Crippen LogP) is 2.38. The lowest BCUT2D eigenvalue weighted by Gasteiger charge is -2.20. The van der Waals surface area contributed by atoms with Gasteiger partial charge in [0.25, 0.3) is 0 Å². The van der Waals surface area contributed by atoms with E-state index in [1.54, 1.807) is 7.11 Å². The lowest BCUT2D eigenvalue weighted by atomic mass is 10.1. The molecule has 0 fully saturated rings. The van der Waals surface area contributed by atoms with Crippen LogP contribution in [0.25, 0.3) is 0 Å². The standard InChI is InChI=1S/C13H21NO2/c1-10(2)16-13(9-14-3)11-5-7-12(15-4)8-6-11/h5-8,10,13-14H,9H2,1-4H3. The highest BCUT2D eigenvalue weighted by molar-refractivity contribution is 5.28. The van der Waals surface area contributed by atoms with E-state index in [1.807, 2.05) is 45.2 Å². The van der Waals surface area contributed by atoms with Gasteiger partial charge in [0.2, 0.25) is 0 Å². The molecular formula is C13H21NO2. The Morgan fingerprint density at radius 2 is 1.81 bits per heavy atom. The minimum absolute atomic E-state index is 0.0934. The molecule has 1 N–H and O–H groups in total. The van der Waals surface area contributed by atoms with Crippen molar-refractivity contribution in [1.29, 1.82) is 0 Å². The smallest absolute Gasteiger partial charge is 0.118 e. The number of benzene rings is 1. The Hall–Kier alpha value is -1.06. The van der Waals surface area contributed by atoms with E-state index in [0.29, 0.717) is 0 Å². The second-order valence-electron chi connectivity index (χ2n) is 4.00. The Morgan fingerprint density at radius 3 is 2.25 bits per heavy atom. The van der Waals surface area contributed by atoms with E-state index in [-0.39, 0.29) is 12.2 Å². The summed E-state index contributed by atoms with van der Waals surface area (Å²) in [6, 6.07) is 8.01. The molecule has 0 spiro atoms. The number of nitrogens with one attached hydrogen (secondary N) is 1. The first-order valence-electron chi connectivity index (χ1n) is 5.61. The zero-order valence-corrected chi connectivity index (χ0v) is 10.5. The molecule has 1 rings (SSSR count).